The maximum absolute atomic E-state index is 12.8. The topological polar surface area (TPSA) is 37.8 Å². The summed E-state index contributed by atoms with van der Waals surface area (Å²) in [4.78, 5) is 7.90. The van der Waals surface area contributed by atoms with Gasteiger partial charge in [0.15, 0.2) is 0 Å². The summed E-state index contributed by atoms with van der Waals surface area (Å²) >= 11 is 1.34. The molecule has 1 saturated carbocycles. The third kappa shape index (κ3) is 1.65. The number of thiophene rings is 1. The second-order valence-electron chi connectivity index (χ2n) is 4.06. The highest BCUT2D eigenvalue weighted by atomic mass is 32.1. The first-order valence-corrected chi connectivity index (χ1v) is 5.93. The van der Waals surface area contributed by atoms with E-state index < -0.39 is 11.7 Å². The van der Waals surface area contributed by atoms with E-state index in [4.69, 9.17) is 0 Å². The molecule has 1 aliphatic carbocycles. The van der Waals surface area contributed by atoms with Crippen molar-refractivity contribution in [3.05, 3.63) is 17.8 Å². The van der Waals surface area contributed by atoms with Crippen LogP contribution in [0.1, 0.15) is 12.8 Å². The SMILES string of the molecule is FC(F)(F)C1(Nc2ncnc3ccsc23)CC1. The first kappa shape index (κ1) is 10.8. The molecule has 2 aromatic rings. The third-order valence-electron chi connectivity index (χ3n) is 2.89. The average Bonchev–Trinajstić information content (AvgIpc) is 2.89. The predicted molar refractivity (Wildman–Crippen MR) is 59.1 cm³/mol. The van der Waals surface area contributed by atoms with Crippen molar-refractivity contribution in [2.45, 2.75) is 24.6 Å². The summed E-state index contributed by atoms with van der Waals surface area (Å²) in [6.45, 7) is 0. The van der Waals surface area contributed by atoms with Crippen molar-refractivity contribution in [1.82, 2.24) is 9.97 Å². The fraction of sp³-hybridized carbons (Fsp3) is 0.400. The van der Waals surface area contributed by atoms with Gasteiger partial charge in [0.2, 0.25) is 0 Å². The van der Waals surface area contributed by atoms with Gasteiger partial charge in [-0.05, 0) is 24.3 Å². The van der Waals surface area contributed by atoms with E-state index in [1.165, 1.54) is 17.7 Å². The Labute approximate surface area is 98.7 Å². The lowest BCUT2D eigenvalue weighted by Gasteiger charge is -2.21. The maximum atomic E-state index is 12.8. The molecule has 3 nitrogen and oxygen atoms in total. The van der Waals surface area contributed by atoms with Crippen LogP contribution in [0.4, 0.5) is 19.0 Å². The van der Waals surface area contributed by atoms with Crippen molar-refractivity contribution < 1.29 is 13.2 Å². The summed E-state index contributed by atoms with van der Waals surface area (Å²) in [6.07, 6.45) is -2.74. The van der Waals surface area contributed by atoms with E-state index in [2.05, 4.69) is 15.3 Å². The lowest BCUT2D eigenvalue weighted by Crippen LogP contribution is -2.38. The molecule has 90 valence electrons. The molecule has 0 bridgehead atoms. The Morgan fingerprint density at radius 1 is 1.29 bits per heavy atom. The van der Waals surface area contributed by atoms with Crippen molar-refractivity contribution in [1.29, 1.82) is 0 Å². The van der Waals surface area contributed by atoms with Crippen LogP contribution in [-0.4, -0.2) is 21.7 Å². The molecule has 17 heavy (non-hydrogen) atoms. The van der Waals surface area contributed by atoms with Gasteiger partial charge in [-0.25, -0.2) is 9.97 Å². The van der Waals surface area contributed by atoms with Crippen LogP contribution >= 0.6 is 11.3 Å². The van der Waals surface area contributed by atoms with Gasteiger partial charge in [-0.3, -0.25) is 0 Å². The summed E-state index contributed by atoms with van der Waals surface area (Å²) in [5.74, 6) is 0.278. The van der Waals surface area contributed by atoms with Crippen LogP contribution in [0.3, 0.4) is 0 Å². The lowest BCUT2D eigenvalue weighted by atomic mass is 10.2. The van der Waals surface area contributed by atoms with Gasteiger partial charge in [-0.2, -0.15) is 13.2 Å². The number of fused-ring (bicyclic) bond motifs is 1. The molecule has 0 spiro atoms. The normalized spacial score (nSPS) is 18.3. The minimum absolute atomic E-state index is 0.105. The standard InChI is InChI=1S/C10H8F3N3S/c11-10(12,13)9(2-3-9)16-8-7-6(1-4-17-7)14-5-15-8/h1,4-5H,2-3H2,(H,14,15,16). The second kappa shape index (κ2) is 3.32. The van der Waals surface area contributed by atoms with Crippen molar-refractivity contribution in [2.24, 2.45) is 0 Å². The smallest absolute Gasteiger partial charge is 0.355 e. The quantitative estimate of drug-likeness (QED) is 0.900. The zero-order chi connectivity index (χ0) is 12.1. The highest BCUT2D eigenvalue weighted by Gasteiger charge is 2.63. The minimum atomic E-state index is -4.23. The fourth-order valence-electron chi connectivity index (χ4n) is 1.71. The molecule has 7 heteroatoms. The van der Waals surface area contributed by atoms with Gasteiger partial charge in [0.05, 0.1) is 10.2 Å². The van der Waals surface area contributed by atoms with E-state index in [1.54, 1.807) is 11.4 Å². The Bertz CT molecular complexity index is 559. The Morgan fingerprint density at radius 3 is 2.71 bits per heavy atom. The van der Waals surface area contributed by atoms with Gasteiger partial charge in [-0.15, -0.1) is 11.3 Å². The maximum Gasteiger partial charge on any atom is 0.411 e. The van der Waals surface area contributed by atoms with Gasteiger partial charge in [0, 0.05) is 0 Å². The van der Waals surface area contributed by atoms with Crippen LogP contribution in [0, 0.1) is 0 Å². The van der Waals surface area contributed by atoms with Crippen molar-refractivity contribution in [3.8, 4) is 0 Å². The van der Waals surface area contributed by atoms with E-state index >= 15 is 0 Å². The molecule has 0 radical (unpaired) electrons. The monoisotopic (exact) mass is 259 g/mol. The Hall–Kier alpha value is -1.37. The van der Waals surface area contributed by atoms with Crippen LogP contribution in [0.15, 0.2) is 17.8 Å². The summed E-state index contributed by atoms with van der Waals surface area (Å²) in [5, 5.41) is 4.32. The first-order valence-electron chi connectivity index (χ1n) is 5.05. The van der Waals surface area contributed by atoms with Gasteiger partial charge in [-0.1, -0.05) is 0 Å². The van der Waals surface area contributed by atoms with Crippen molar-refractivity contribution in [2.75, 3.05) is 5.32 Å². The van der Waals surface area contributed by atoms with Gasteiger partial charge >= 0.3 is 6.18 Å². The third-order valence-corrected chi connectivity index (χ3v) is 3.80. The number of rotatable bonds is 2. The van der Waals surface area contributed by atoms with E-state index in [1.807, 2.05) is 0 Å². The Balaban J connectivity index is 1.98. The fourth-order valence-corrected chi connectivity index (χ4v) is 2.50. The van der Waals surface area contributed by atoms with Crippen LogP contribution in [-0.2, 0) is 0 Å². The average molecular weight is 259 g/mol. The molecule has 0 saturated heterocycles. The van der Waals surface area contributed by atoms with Crippen molar-refractivity contribution in [3.63, 3.8) is 0 Å². The van der Waals surface area contributed by atoms with Crippen molar-refractivity contribution >= 4 is 27.4 Å². The van der Waals surface area contributed by atoms with Crippen LogP contribution in [0.5, 0.6) is 0 Å². The Morgan fingerprint density at radius 2 is 2.06 bits per heavy atom. The summed E-state index contributed by atoms with van der Waals surface area (Å²) < 4.78 is 39.1. The highest BCUT2D eigenvalue weighted by molar-refractivity contribution is 7.17. The second-order valence-corrected chi connectivity index (χ2v) is 4.98. The molecular formula is C10H8F3N3S. The number of aromatic nitrogens is 2. The number of nitrogens with zero attached hydrogens (tertiary/aromatic N) is 2. The zero-order valence-corrected chi connectivity index (χ0v) is 9.40. The van der Waals surface area contributed by atoms with E-state index in [0.717, 1.165) is 0 Å². The molecule has 1 aliphatic rings. The summed E-state index contributed by atoms with van der Waals surface area (Å²) in [5.41, 5.74) is -1.11. The molecule has 2 heterocycles. The number of hydrogen-bond donors (Lipinski definition) is 1. The van der Waals surface area contributed by atoms with E-state index in [9.17, 15) is 13.2 Å². The molecule has 1 fully saturated rings. The van der Waals surface area contributed by atoms with Gasteiger partial charge in [0.1, 0.15) is 17.7 Å². The molecule has 0 aromatic carbocycles. The highest BCUT2D eigenvalue weighted by Crippen LogP contribution is 2.51. The largest absolute Gasteiger partial charge is 0.411 e. The van der Waals surface area contributed by atoms with Gasteiger partial charge < -0.3 is 5.32 Å². The Kier molecular flexibility index (Phi) is 2.10. The molecule has 0 aliphatic heterocycles. The zero-order valence-electron chi connectivity index (χ0n) is 8.58. The van der Waals surface area contributed by atoms with Crippen LogP contribution in [0.2, 0.25) is 0 Å². The van der Waals surface area contributed by atoms with Crippen LogP contribution in [0.25, 0.3) is 10.2 Å². The first-order chi connectivity index (χ1) is 8.02. The molecule has 3 rings (SSSR count). The van der Waals surface area contributed by atoms with E-state index in [0.29, 0.717) is 10.2 Å². The minimum Gasteiger partial charge on any atom is -0.355 e. The summed E-state index contributed by atoms with van der Waals surface area (Å²) in [6, 6.07) is 1.76. The number of alkyl halides is 3. The molecule has 0 amide bonds. The molecule has 0 unspecified atom stereocenters. The van der Waals surface area contributed by atoms with E-state index in [-0.39, 0.29) is 18.7 Å². The number of halogens is 3. The molecule has 1 N–H and O–H groups in total. The molecular weight excluding hydrogens is 251 g/mol. The number of nitrogens with one attached hydrogen (secondary N) is 1. The lowest BCUT2D eigenvalue weighted by molar-refractivity contribution is -0.151. The summed E-state index contributed by atoms with van der Waals surface area (Å²) in [7, 11) is 0. The predicted octanol–water partition coefficient (Wildman–Crippen LogP) is 3.20. The number of anilines is 1. The molecule has 0 atom stereocenters. The van der Waals surface area contributed by atoms with Gasteiger partial charge in [0.25, 0.3) is 0 Å². The van der Waals surface area contributed by atoms with Crippen LogP contribution < -0.4 is 5.32 Å². The number of hydrogen-bond acceptors (Lipinski definition) is 4. The molecule has 2 aromatic heterocycles.